The molecule has 2 rings (SSSR count). The summed E-state index contributed by atoms with van der Waals surface area (Å²) in [5, 5.41) is 14.3. The zero-order valence-electron chi connectivity index (χ0n) is 10.1. The van der Waals surface area contributed by atoms with Crippen LogP contribution in [0.4, 0.5) is 14.5 Å². The lowest BCUT2D eigenvalue weighted by Crippen LogP contribution is -2.24. The van der Waals surface area contributed by atoms with Gasteiger partial charge in [-0.05, 0) is 30.4 Å². The molecule has 0 amide bonds. The number of halogens is 3. The molecule has 104 valence electrons. The van der Waals surface area contributed by atoms with Crippen molar-refractivity contribution in [3.05, 3.63) is 28.2 Å². The van der Waals surface area contributed by atoms with Crippen molar-refractivity contribution in [3.8, 4) is 0 Å². The van der Waals surface area contributed by atoms with Crippen molar-refractivity contribution in [3.63, 3.8) is 0 Å². The van der Waals surface area contributed by atoms with Gasteiger partial charge in [0.1, 0.15) is 23.2 Å². The number of anilines is 1. The monoisotopic (exact) mass is 333 g/mol. The Labute approximate surface area is 117 Å². The van der Waals surface area contributed by atoms with Gasteiger partial charge in [-0.25, -0.2) is 8.78 Å². The van der Waals surface area contributed by atoms with Gasteiger partial charge in [0.2, 0.25) is 0 Å². The Balaban J connectivity index is 2.04. The third kappa shape index (κ3) is 3.34. The van der Waals surface area contributed by atoms with Crippen LogP contribution in [0.5, 0.6) is 0 Å². The zero-order valence-corrected chi connectivity index (χ0v) is 11.7. The van der Waals surface area contributed by atoms with Crippen LogP contribution in [0.25, 0.3) is 0 Å². The molecule has 0 bridgehead atoms. The van der Waals surface area contributed by atoms with Crippen molar-refractivity contribution in [1.29, 1.82) is 0 Å². The van der Waals surface area contributed by atoms with Crippen LogP contribution in [-0.2, 0) is 0 Å². The Hall–Kier alpha value is -1.37. The highest BCUT2D eigenvalue weighted by Gasteiger charge is 2.43. The van der Waals surface area contributed by atoms with Crippen LogP contribution in [-0.4, -0.2) is 17.6 Å². The molecule has 1 aliphatic carbocycles. The molecule has 1 aromatic carbocycles. The SMILES string of the molecule is NC(CC1(CNc2c(F)cc(Br)cc2F)CC1)=NO. The van der Waals surface area contributed by atoms with E-state index in [0.29, 0.717) is 17.4 Å². The number of rotatable bonds is 5. The van der Waals surface area contributed by atoms with E-state index in [2.05, 4.69) is 26.4 Å². The molecular formula is C12H14BrF2N3O. The normalized spacial score (nSPS) is 17.3. The molecule has 0 spiro atoms. The van der Waals surface area contributed by atoms with E-state index in [1.807, 2.05) is 0 Å². The van der Waals surface area contributed by atoms with Crippen molar-refractivity contribution in [2.45, 2.75) is 19.3 Å². The quantitative estimate of drug-likeness (QED) is 0.335. The van der Waals surface area contributed by atoms with Gasteiger partial charge in [-0.2, -0.15) is 0 Å². The molecule has 1 aliphatic rings. The van der Waals surface area contributed by atoms with Crippen LogP contribution < -0.4 is 11.1 Å². The lowest BCUT2D eigenvalue weighted by Gasteiger charge is -2.17. The smallest absolute Gasteiger partial charge is 0.150 e. The topological polar surface area (TPSA) is 70.6 Å². The van der Waals surface area contributed by atoms with Crippen LogP contribution in [0.3, 0.4) is 0 Å². The van der Waals surface area contributed by atoms with Crippen molar-refractivity contribution in [1.82, 2.24) is 0 Å². The highest BCUT2D eigenvalue weighted by molar-refractivity contribution is 9.10. The first-order valence-corrected chi connectivity index (χ1v) is 6.60. The number of hydrogen-bond acceptors (Lipinski definition) is 3. The molecule has 0 aliphatic heterocycles. The van der Waals surface area contributed by atoms with Gasteiger partial charge in [0.15, 0.2) is 0 Å². The summed E-state index contributed by atoms with van der Waals surface area (Å²) in [6.07, 6.45) is 2.18. The summed E-state index contributed by atoms with van der Waals surface area (Å²) in [6.45, 7) is 0.388. The highest BCUT2D eigenvalue weighted by Crippen LogP contribution is 2.48. The first-order chi connectivity index (χ1) is 8.96. The molecule has 0 unspecified atom stereocenters. The molecule has 0 saturated heterocycles. The molecule has 0 atom stereocenters. The van der Waals surface area contributed by atoms with Crippen LogP contribution in [0.15, 0.2) is 21.8 Å². The summed E-state index contributed by atoms with van der Waals surface area (Å²) >= 11 is 3.02. The highest BCUT2D eigenvalue weighted by atomic mass is 79.9. The Morgan fingerprint density at radius 1 is 1.42 bits per heavy atom. The zero-order chi connectivity index (χ0) is 14.0. The summed E-state index contributed by atoms with van der Waals surface area (Å²) in [7, 11) is 0. The van der Waals surface area contributed by atoms with Crippen molar-refractivity contribution in [2.24, 2.45) is 16.3 Å². The number of oxime groups is 1. The Morgan fingerprint density at radius 2 is 2.00 bits per heavy atom. The lowest BCUT2D eigenvalue weighted by molar-refractivity contribution is 0.315. The number of benzene rings is 1. The lowest BCUT2D eigenvalue weighted by atomic mass is 10.0. The fourth-order valence-electron chi connectivity index (χ4n) is 2.00. The maximum absolute atomic E-state index is 13.6. The van der Waals surface area contributed by atoms with E-state index >= 15 is 0 Å². The molecule has 1 aromatic rings. The predicted molar refractivity (Wildman–Crippen MR) is 72.2 cm³/mol. The largest absolute Gasteiger partial charge is 0.409 e. The third-order valence-corrected chi connectivity index (χ3v) is 3.75. The Morgan fingerprint density at radius 3 is 2.47 bits per heavy atom. The van der Waals surface area contributed by atoms with Crippen LogP contribution in [0, 0.1) is 17.0 Å². The second-order valence-corrected chi connectivity index (χ2v) is 5.78. The number of hydrogen-bond donors (Lipinski definition) is 3. The van der Waals surface area contributed by atoms with E-state index in [1.165, 1.54) is 12.1 Å². The van der Waals surface area contributed by atoms with E-state index in [1.54, 1.807) is 0 Å². The molecule has 1 saturated carbocycles. The van der Waals surface area contributed by atoms with E-state index in [4.69, 9.17) is 10.9 Å². The summed E-state index contributed by atoms with van der Waals surface area (Å²) in [6, 6.07) is 2.41. The van der Waals surface area contributed by atoms with Gasteiger partial charge in [-0.15, -0.1) is 0 Å². The van der Waals surface area contributed by atoms with Crippen LogP contribution in [0.2, 0.25) is 0 Å². The molecule has 0 heterocycles. The molecule has 4 N–H and O–H groups in total. The second-order valence-electron chi connectivity index (χ2n) is 4.87. The maximum Gasteiger partial charge on any atom is 0.150 e. The van der Waals surface area contributed by atoms with Crippen LogP contribution in [0.1, 0.15) is 19.3 Å². The van der Waals surface area contributed by atoms with Gasteiger partial charge in [0.25, 0.3) is 0 Å². The fourth-order valence-corrected chi connectivity index (χ4v) is 2.40. The third-order valence-electron chi connectivity index (χ3n) is 3.29. The first kappa shape index (κ1) is 14.0. The van der Waals surface area contributed by atoms with E-state index < -0.39 is 11.6 Å². The molecule has 0 aromatic heterocycles. The maximum atomic E-state index is 13.6. The van der Waals surface area contributed by atoms with Crippen molar-refractivity contribution >= 4 is 27.5 Å². The van der Waals surface area contributed by atoms with Crippen LogP contribution >= 0.6 is 15.9 Å². The first-order valence-electron chi connectivity index (χ1n) is 5.81. The van der Waals surface area contributed by atoms with Gasteiger partial charge in [0, 0.05) is 17.4 Å². The van der Waals surface area contributed by atoms with Gasteiger partial charge in [-0.1, -0.05) is 21.1 Å². The average molecular weight is 334 g/mol. The summed E-state index contributed by atoms with van der Waals surface area (Å²) < 4.78 is 27.6. The Kier molecular flexibility index (Phi) is 3.93. The molecule has 1 fully saturated rings. The van der Waals surface area contributed by atoms with Gasteiger partial charge >= 0.3 is 0 Å². The van der Waals surface area contributed by atoms with Crippen molar-refractivity contribution < 1.29 is 14.0 Å². The van der Waals surface area contributed by atoms with Gasteiger partial charge < -0.3 is 16.3 Å². The number of nitrogens with two attached hydrogens (primary N) is 1. The minimum absolute atomic E-state index is 0.135. The fraction of sp³-hybridized carbons (Fsp3) is 0.417. The summed E-state index contributed by atoms with van der Waals surface area (Å²) in [5.74, 6) is -1.16. The standard InChI is InChI=1S/C12H14BrF2N3O/c13-7-3-8(14)11(9(15)4-7)17-6-12(1-2-12)5-10(16)18-19/h3-4,17,19H,1-2,5-6H2,(H2,16,18). The Bertz CT molecular complexity index is 495. The predicted octanol–water partition coefficient (Wildman–Crippen LogP) is 3.06. The van der Waals surface area contributed by atoms with E-state index in [-0.39, 0.29) is 16.9 Å². The molecular weight excluding hydrogens is 320 g/mol. The molecule has 7 heteroatoms. The minimum Gasteiger partial charge on any atom is -0.409 e. The number of nitrogens with one attached hydrogen (secondary N) is 1. The average Bonchev–Trinajstić information content (AvgIpc) is 3.07. The van der Waals surface area contributed by atoms with E-state index in [0.717, 1.165) is 12.8 Å². The van der Waals surface area contributed by atoms with Crippen molar-refractivity contribution in [2.75, 3.05) is 11.9 Å². The number of amidine groups is 1. The summed E-state index contributed by atoms with van der Waals surface area (Å²) in [5.41, 5.74) is 5.16. The molecule has 19 heavy (non-hydrogen) atoms. The van der Waals surface area contributed by atoms with Gasteiger partial charge in [0.05, 0.1) is 0 Å². The van der Waals surface area contributed by atoms with Gasteiger partial charge in [-0.3, -0.25) is 0 Å². The minimum atomic E-state index is -0.647. The second kappa shape index (κ2) is 5.32. The number of nitrogens with zero attached hydrogens (tertiary/aromatic N) is 1. The summed E-state index contributed by atoms with van der Waals surface area (Å²) in [4.78, 5) is 0. The molecule has 0 radical (unpaired) electrons. The molecule has 4 nitrogen and oxygen atoms in total. The van der Waals surface area contributed by atoms with E-state index in [9.17, 15) is 8.78 Å².